The van der Waals surface area contributed by atoms with Crippen LogP contribution in [0.5, 0.6) is 0 Å². The van der Waals surface area contributed by atoms with Gasteiger partial charge in [-0.25, -0.2) is 9.13 Å². The molecule has 0 aromatic rings. The van der Waals surface area contributed by atoms with Crippen molar-refractivity contribution in [1.82, 2.24) is 0 Å². The van der Waals surface area contributed by atoms with E-state index in [1.165, 1.54) is 173 Å². The molecule has 2 unspecified atom stereocenters. The van der Waals surface area contributed by atoms with Crippen molar-refractivity contribution >= 4 is 39.5 Å². The SMILES string of the molecule is CCCCCC/C=C\C=C/CCCCCCCC(=O)OC[C@H](COP(=O)(O)OC[C@@H](O)COP(=O)(O)OC[C@@H](COC(=O)CCCCCCCCC)OC(=O)CCCCCCCCCCCCC)OC(=O)CCCCCCCCCCCCCCCCCCCCCCC. The van der Waals surface area contributed by atoms with Crippen LogP contribution in [0.4, 0.5) is 0 Å². The first-order chi connectivity index (χ1) is 45.7. The lowest BCUT2D eigenvalue weighted by Gasteiger charge is -2.21. The lowest BCUT2D eigenvalue weighted by Crippen LogP contribution is -2.30. The maximum Gasteiger partial charge on any atom is 0.472 e. The van der Waals surface area contributed by atoms with Crippen LogP contribution in [-0.2, 0) is 65.4 Å². The number of ether oxygens (including phenoxy) is 4. The molecule has 19 heteroatoms. The first-order valence-corrected chi connectivity index (χ1v) is 41.6. The van der Waals surface area contributed by atoms with Crippen molar-refractivity contribution in [2.24, 2.45) is 0 Å². The van der Waals surface area contributed by atoms with E-state index in [2.05, 4.69) is 52.0 Å². The zero-order chi connectivity index (χ0) is 69.0. The summed E-state index contributed by atoms with van der Waals surface area (Å²) in [6.07, 6.45) is 62.1. The first-order valence-electron chi connectivity index (χ1n) is 38.6. The fraction of sp³-hybridized carbons (Fsp3) is 0.893. The molecule has 0 rings (SSSR count). The lowest BCUT2D eigenvalue weighted by atomic mass is 10.0. The number of hydrogen-bond donors (Lipinski definition) is 3. The Labute approximate surface area is 573 Å². The average Bonchev–Trinajstić information content (AvgIpc) is 1.93. The van der Waals surface area contributed by atoms with Crippen LogP contribution in [0.25, 0.3) is 0 Å². The zero-order valence-electron chi connectivity index (χ0n) is 60.4. The number of aliphatic hydroxyl groups is 1. The standard InChI is InChI=1S/C75H142O17P2/c1-5-9-13-17-21-24-27-29-31-32-33-34-35-36-38-40-43-46-50-54-58-62-75(80)92-71(66-86-73(78)60-56-52-48-44-42-39-37-30-28-25-22-18-14-10-6-2)68-90-94(83,84)88-64-69(76)63-87-93(81,82)89-67-70(65-85-72(77)59-55-51-47-20-16-12-8-4)91-74(79)61-57-53-49-45-41-26-23-19-15-11-7-3/h25,28,30,37,69-71,76H,5-24,26-27,29,31-36,38-68H2,1-4H3,(H,81,82)(H,83,84)/b28-25-,37-30-/t69-,70+,71+/m0/s1. The van der Waals surface area contributed by atoms with Crippen LogP contribution in [0.2, 0.25) is 0 Å². The van der Waals surface area contributed by atoms with Gasteiger partial charge in [0.25, 0.3) is 0 Å². The predicted octanol–water partition coefficient (Wildman–Crippen LogP) is 21.8. The summed E-state index contributed by atoms with van der Waals surface area (Å²) < 4.78 is 68.3. The van der Waals surface area contributed by atoms with Gasteiger partial charge in [-0.2, -0.15) is 0 Å². The zero-order valence-corrected chi connectivity index (χ0v) is 62.2. The van der Waals surface area contributed by atoms with Crippen LogP contribution >= 0.6 is 15.6 Å². The maximum absolute atomic E-state index is 13.1. The summed E-state index contributed by atoms with van der Waals surface area (Å²) in [6.45, 7) is 4.86. The highest BCUT2D eigenvalue weighted by atomic mass is 31.2. The lowest BCUT2D eigenvalue weighted by molar-refractivity contribution is -0.161. The average molecular weight is 1380 g/mol. The van der Waals surface area contributed by atoms with Gasteiger partial charge in [-0.15, -0.1) is 0 Å². The highest BCUT2D eigenvalue weighted by molar-refractivity contribution is 7.47. The number of allylic oxidation sites excluding steroid dienone is 4. The van der Waals surface area contributed by atoms with Gasteiger partial charge in [0.05, 0.1) is 26.4 Å². The third kappa shape index (κ3) is 68.1. The van der Waals surface area contributed by atoms with Crippen molar-refractivity contribution < 1.29 is 80.2 Å². The summed E-state index contributed by atoms with van der Waals surface area (Å²) >= 11 is 0. The van der Waals surface area contributed by atoms with E-state index >= 15 is 0 Å². The minimum Gasteiger partial charge on any atom is -0.462 e. The van der Waals surface area contributed by atoms with Crippen molar-refractivity contribution in [3.8, 4) is 0 Å². The molecule has 94 heavy (non-hydrogen) atoms. The monoisotopic (exact) mass is 1380 g/mol. The largest absolute Gasteiger partial charge is 0.472 e. The summed E-state index contributed by atoms with van der Waals surface area (Å²) in [4.78, 5) is 72.5. The number of carbonyl (C=O) groups excluding carboxylic acids is 4. The fourth-order valence-electron chi connectivity index (χ4n) is 11.0. The Morgan fingerprint density at radius 2 is 0.511 bits per heavy atom. The second-order valence-electron chi connectivity index (χ2n) is 26.4. The van der Waals surface area contributed by atoms with Crippen molar-refractivity contribution in [3.63, 3.8) is 0 Å². The first kappa shape index (κ1) is 91.5. The van der Waals surface area contributed by atoms with E-state index in [4.69, 9.17) is 37.0 Å². The Morgan fingerprint density at radius 1 is 0.298 bits per heavy atom. The van der Waals surface area contributed by atoms with Gasteiger partial charge in [0.15, 0.2) is 12.2 Å². The van der Waals surface area contributed by atoms with Crippen molar-refractivity contribution in [1.29, 1.82) is 0 Å². The van der Waals surface area contributed by atoms with E-state index < -0.39 is 97.5 Å². The molecule has 5 atom stereocenters. The molecule has 17 nitrogen and oxygen atoms in total. The highest BCUT2D eigenvalue weighted by Crippen LogP contribution is 2.45. The van der Waals surface area contributed by atoms with Crippen LogP contribution in [-0.4, -0.2) is 96.7 Å². The number of esters is 4. The van der Waals surface area contributed by atoms with Gasteiger partial charge in [-0.3, -0.25) is 37.3 Å². The minimum atomic E-state index is -4.96. The molecule has 0 aromatic carbocycles. The quantitative estimate of drug-likeness (QED) is 0.0169. The molecule has 0 aromatic heterocycles. The topological polar surface area (TPSA) is 237 Å². The Bertz CT molecular complexity index is 1880. The van der Waals surface area contributed by atoms with Gasteiger partial charge in [0.1, 0.15) is 19.3 Å². The van der Waals surface area contributed by atoms with E-state index in [0.717, 1.165) is 122 Å². The van der Waals surface area contributed by atoms with Gasteiger partial charge in [0.2, 0.25) is 0 Å². The van der Waals surface area contributed by atoms with E-state index in [0.29, 0.717) is 25.7 Å². The number of rotatable bonds is 74. The number of phosphoric acid groups is 2. The van der Waals surface area contributed by atoms with Gasteiger partial charge in [-0.05, 0) is 51.4 Å². The smallest absolute Gasteiger partial charge is 0.462 e. The minimum absolute atomic E-state index is 0.102. The molecule has 0 radical (unpaired) electrons. The van der Waals surface area contributed by atoms with E-state index in [1.54, 1.807) is 0 Å². The van der Waals surface area contributed by atoms with Crippen molar-refractivity contribution in [2.75, 3.05) is 39.6 Å². The summed E-state index contributed by atoms with van der Waals surface area (Å²) in [7, 11) is -9.91. The number of phosphoric ester groups is 2. The summed E-state index contributed by atoms with van der Waals surface area (Å²) in [5.74, 6) is -2.15. The fourth-order valence-corrected chi connectivity index (χ4v) is 12.6. The maximum atomic E-state index is 13.1. The molecule has 0 saturated heterocycles. The molecule has 0 aliphatic rings. The summed E-state index contributed by atoms with van der Waals surface area (Å²) in [6, 6.07) is 0. The van der Waals surface area contributed by atoms with Crippen LogP contribution < -0.4 is 0 Å². The Balaban J connectivity index is 5.19. The number of carbonyl (C=O) groups is 4. The van der Waals surface area contributed by atoms with E-state index in [9.17, 15) is 43.2 Å². The third-order valence-electron chi connectivity index (χ3n) is 17.0. The Morgan fingerprint density at radius 3 is 0.777 bits per heavy atom. The molecule has 0 aliphatic carbocycles. The van der Waals surface area contributed by atoms with Crippen LogP contribution in [0.15, 0.2) is 24.3 Å². The highest BCUT2D eigenvalue weighted by Gasteiger charge is 2.30. The summed E-state index contributed by atoms with van der Waals surface area (Å²) in [5.41, 5.74) is 0. The summed E-state index contributed by atoms with van der Waals surface area (Å²) in [5, 5.41) is 10.6. The second kappa shape index (κ2) is 69.0. The van der Waals surface area contributed by atoms with Gasteiger partial charge in [-0.1, -0.05) is 322 Å². The molecule has 0 amide bonds. The van der Waals surface area contributed by atoms with Gasteiger partial charge in [0, 0.05) is 25.7 Å². The van der Waals surface area contributed by atoms with E-state index in [-0.39, 0.29) is 25.7 Å². The molecule has 0 spiro atoms. The number of hydrogen-bond acceptors (Lipinski definition) is 15. The molecule has 0 heterocycles. The normalized spacial score (nSPS) is 14.1. The van der Waals surface area contributed by atoms with Crippen molar-refractivity contribution in [3.05, 3.63) is 24.3 Å². The van der Waals surface area contributed by atoms with Crippen LogP contribution in [0.1, 0.15) is 374 Å². The molecule has 554 valence electrons. The van der Waals surface area contributed by atoms with Crippen molar-refractivity contribution in [2.45, 2.75) is 393 Å². The second-order valence-corrected chi connectivity index (χ2v) is 29.3. The van der Waals surface area contributed by atoms with Crippen LogP contribution in [0, 0.1) is 0 Å². The molecular weight excluding hydrogens is 1230 g/mol. The molecule has 0 aliphatic heterocycles. The van der Waals surface area contributed by atoms with Gasteiger partial charge < -0.3 is 33.8 Å². The molecule has 0 saturated carbocycles. The Kier molecular flexibility index (Phi) is 67.2. The number of unbranched alkanes of at least 4 members (excludes halogenated alkanes) is 45. The van der Waals surface area contributed by atoms with E-state index in [1.807, 2.05) is 0 Å². The molecular formula is C75H142O17P2. The third-order valence-corrected chi connectivity index (χ3v) is 18.9. The number of aliphatic hydroxyl groups excluding tert-OH is 1. The molecule has 0 fully saturated rings. The Hall–Kier alpha value is -2.46. The van der Waals surface area contributed by atoms with Gasteiger partial charge >= 0.3 is 39.5 Å². The molecule has 0 bridgehead atoms. The van der Waals surface area contributed by atoms with Crippen LogP contribution in [0.3, 0.4) is 0 Å². The molecule has 3 N–H and O–H groups in total. The predicted molar refractivity (Wildman–Crippen MR) is 381 cm³/mol.